The molecule has 0 amide bonds. The smallest absolute Gasteiger partial charge is 0.191 e. The van der Waals surface area contributed by atoms with E-state index in [1.54, 1.807) is 30.5 Å². The molecule has 2 N–H and O–H groups in total. The predicted molar refractivity (Wildman–Crippen MR) is 102 cm³/mol. The van der Waals surface area contributed by atoms with Gasteiger partial charge in [0.2, 0.25) is 0 Å². The van der Waals surface area contributed by atoms with Crippen molar-refractivity contribution in [3.8, 4) is 11.5 Å². The summed E-state index contributed by atoms with van der Waals surface area (Å²) in [5, 5.41) is 0. The van der Waals surface area contributed by atoms with Gasteiger partial charge in [-0.25, -0.2) is 9.38 Å². The minimum absolute atomic E-state index is 0. The Morgan fingerprint density at radius 1 is 1.29 bits per heavy atom. The van der Waals surface area contributed by atoms with E-state index < -0.39 is 0 Å². The van der Waals surface area contributed by atoms with E-state index in [1.165, 1.54) is 25.0 Å². The van der Waals surface area contributed by atoms with Gasteiger partial charge in [0.25, 0.3) is 0 Å². The molecule has 0 radical (unpaired) electrons. The summed E-state index contributed by atoms with van der Waals surface area (Å²) >= 11 is 0. The highest BCUT2D eigenvalue weighted by molar-refractivity contribution is 14.0. The summed E-state index contributed by atoms with van der Waals surface area (Å²) < 4.78 is 18.6. The van der Waals surface area contributed by atoms with Crippen molar-refractivity contribution in [2.24, 2.45) is 10.7 Å². The number of nitrogens with zero attached hydrogens (tertiary/aromatic N) is 3. The van der Waals surface area contributed by atoms with Gasteiger partial charge in [-0.1, -0.05) is 0 Å². The number of pyridine rings is 1. The van der Waals surface area contributed by atoms with Gasteiger partial charge in [0, 0.05) is 25.4 Å². The molecule has 0 atom stereocenters. The van der Waals surface area contributed by atoms with Crippen LogP contribution in [-0.4, -0.2) is 28.9 Å². The first kappa shape index (κ1) is 18.4. The first-order valence-corrected chi connectivity index (χ1v) is 7.53. The summed E-state index contributed by atoms with van der Waals surface area (Å²) in [6.07, 6.45) is 4.00. The Morgan fingerprint density at radius 3 is 2.67 bits per heavy atom. The van der Waals surface area contributed by atoms with Crippen molar-refractivity contribution in [2.75, 3.05) is 7.05 Å². The summed E-state index contributed by atoms with van der Waals surface area (Å²) in [6.45, 7) is 0.392. The average Bonchev–Trinajstić information content (AvgIpc) is 3.39. The molecule has 1 heterocycles. The van der Waals surface area contributed by atoms with Crippen molar-refractivity contribution in [2.45, 2.75) is 25.4 Å². The number of rotatable bonds is 5. The van der Waals surface area contributed by atoms with E-state index in [0.29, 0.717) is 30.0 Å². The van der Waals surface area contributed by atoms with E-state index >= 15 is 0 Å². The largest absolute Gasteiger partial charge is 0.457 e. The van der Waals surface area contributed by atoms with Gasteiger partial charge in [-0.15, -0.1) is 24.0 Å². The molecule has 24 heavy (non-hydrogen) atoms. The zero-order valence-corrected chi connectivity index (χ0v) is 15.7. The number of aromatic nitrogens is 1. The number of hydrogen-bond donors (Lipinski definition) is 1. The molecule has 128 valence electrons. The quantitative estimate of drug-likeness (QED) is 0.437. The van der Waals surface area contributed by atoms with Crippen LogP contribution in [0.1, 0.15) is 18.5 Å². The fourth-order valence-corrected chi connectivity index (χ4v) is 2.17. The van der Waals surface area contributed by atoms with Crippen LogP contribution in [0, 0.1) is 5.82 Å². The zero-order valence-electron chi connectivity index (χ0n) is 13.4. The van der Waals surface area contributed by atoms with Crippen molar-refractivity contribution in [3.05, 3.63) is 54.1 Å². The van der Waals surface area contributed by atoms with Crippen LogP contribution in [0.4, 0.5) is 4.39 Å². The average molecular weight is 442 g/mol. The molecule has 7 heteroatoms. The van der Waals surface area contributed by atoms with E-state index in [4.69, 9.17) is 10.5 Å². The first-order chi connectivity index (χ1) is 11.1. The van der Waals surface area contributed by atoms with Gasteiger partial charge in [-0.3, -0.25) is 4.98 Å². The van der Waals surface area contributed by atoms with E-state index in [0.717, 1.165) is 5.69 Å². The minimum atomic E-state index is -0.294. The van der Waals surface area contributed by atoms with E-state index in [2.05, 4.69) is 9.98 Å². The highest BCUT2D eigenvalue weighted by Gasteiger charge is 2.27. The third kappa shape index (κ3) is 5.05. The van der Waals surface area contributed by atoms with Crippen LogP contribution < -0.4 is 10.5 Å². The Hall–Kier alpha value is -1.90. The molecule has 1 aliphatic carbocycles. The van der Waals surface area contributed by atoms with Crippen molar-refractivity contribution in [1.29, 1.82) is 0 Å². The summed E-state index contributed by atoms with van der Waals surface area (Å²) in [5.41, 5.74) is 6.72. The van der Waals surface area contributed by atoms with Crippen LogP contribution in [0.15, 0.2) is 47.6 Å². The fraction of sp³-hybridized carbons (Fsp3) is 0.294. The lowest BCUT2D eigenvalue weighted by atomic mass is 10.3. The summed E-state index contributed by atoms with van der Waals surface area (Å²) in [4.78, 5) is 10.6. The Balaban J connectivity index is 0.00000208. The molecular formula is C17H20FIN4O. The molecule has 3 rings (SSSR count). The molecule has 2 aromatic rings. The topological polar surface area (TPSA) is 63.7 Å². The molecule has 1 aromatic carbocycles. The molecule has 1 fully saturated rings. The second-order valence-corrected chi connectivity index (χ2v) is 5.56. The van der Waals surface area contributed by atoms with Crippen LogP contribution >= 0.6 is 24.0 Å². The van der Waals surface area contributed by atoms with Crippen molar-refractivity contribution in [3.63, 3.8) is 0 Å². The molecule has 0 spiro atoms. The number of hydrogen-bond acceptors (Lipinski definition) is 3. The second-order valence-electron chi connectivity index (χ2n) is 5.56. The molecular weight excluding hydrogens is 422 g/mol. The van der Waals surface area contributed by atoms with Crippen LogP contribution in [0.25, 0.3) is 0 Å². The maximum atomic E-state index is 12.9. The van der Waals surface area contributed by atoms with Gasteiger partial charge in [0.1, 0.15) is 17.3 Å². The van der Waals surface area contributed by atoms with E-state index in [1.807, 2.05) is 11.9 Å². The Kier molecular flexibility index (Phi) is 6.36. The van der Waals surface area contributed by atoms with Crippen molar-refractivity contribution >= 4 is 29.9 Å². The third-order valence-corrected chi connectivity index (χ3v) is 3.70. The number of benzene rings is 1. The normalized spacial score (nSPS) is 14.0. The molecule has 0 aliphatic heterocycles. The Bertz CT molecular complexity index is 704. The molecule has 0 bridgehead atoms. The minimum Gasteiger partial charge on any atom is -0.457 e. The SMILES string of the molecule is CN(C(N)=NCc1cc(Oc2ccc(F)cc2)ccn1)C1CC1.I. The zero-order chi connectivity index (χ0) is 16.2. The lowest BCUT2D eigenvalue weighted by molar-refractivity contribution is 0.478. The first-order valence-electron chi connectivity index (χ1n) is 7.53. The monoisotopic (exact) mass is 442 g/mol. The highest BCUT2D eigenvalue weighted by Crippen LogP contribution is 2.25. The molecule has 0 saturated heterocycles. The van der Waals surface area contributed by atoms with Crippen molar-refractivity contribution in [1.82, 2.24) is 9.88 Å². The Morgan fingerprint density at radius 2 is 2.00 bits per heavy atom. The summed E-state index contributed by atoms with van der Waals surface area (Å²) in [7, 11) is 1.96. The van der Waals surface area contributed by atoms with Gasteiger partial charge in [-0.05, 0) is 43.2 Å². The lowest BCUT2D eigenvalue weighted by Gasteiger charge is -2.16. The number of halogens is 2. The maximum Gasteiger partial charge on any atom is 0.191 e. The number of ether oxygens (including phenoxy) is 1. The van der Waals surface area contributed by atoms with Crippen LogP contribution in [-0.2, 0) is 6.54 Å². The van der Waals surface area contributed by atoms with Gasteiger partial charge < -0.3 is 15.4 Å². The molecule has 0 unspecified atom stereocenters. The van der Waals surface area contributed by atoms with Gasteiger partial charge >= 0.3 is 0 Å². The summed E-state index contributed by atoms with van der Waals surface area (Å²) in [6, 6.07) is 9.95. The highest BCUT2D eigenvalue weighted by atomic mass is 127. The molecule has 1 aliphatic rings. The third-order valence-electron chi connectivity index (χ3n) is 3.70. The number of aliphatic imine (C=N–C) groups is 1. The second kappa shape index (κ2) is 8.27. The predicted octanol–water partition coefficient (Wildman–Crippen LogP) is 3.54. The van der Waals surface area contributed by atoms with E-state index in [-0.39, 0.29) is 29.8 Å². The Labute approximate surface area is 157 Å². The van der Waals surface area contributed by atoms with E-state index in [9.17, 15) is 4.39 Å². The van der Waals surface area contributed by atoms with Gasteiger partial charge in [0.15, 0.2) is 5.96 Å². The summed E-state index contributed by atoms with van der Waals surface area (Å²) in [5.74, 6) is 1.43. The van der Waals surface area contributed by atoms with Crippen LogP contribution in [0.3, 0.4) is 0 Å². The molecule has 1 aromatic heterocycles. The number of guanidine groups is 1. The maximum absolute atomic E-state index is 12.9. The molecule has 1 saturated carbocycles. The van der Waals surface area contributed by atoms with Crippen LogP contribution in [0.2, 0.25) is 0 Å². The van der Waals surface area contributed by atoms with Gasteiger partial charge in [-0.2, -0.15) is 0 Å². The molecule has 5 nitrogen and oxygen atoms in total. The van der Waals surface area contributed by atoms with Crippen molar-refractivity contribution < 1.29 is 9.13 Å². The van der Waals surface area contributed by atoms with Crippen LogP contribution in [0.5, 0.6) is 11.5 Å². The van der Waals surface area contributed by atoms with Gasteiger partial charge in [0.05, 0.1) is 12.2 Å². The lowest BCUT2D eigenvalue weighted by Crippen LogP contribution is -2.35. The fourth-order valence-electron chi connectivity index (χ4n) is 2.17. The standard InChI is InChI=1S/C17H19FN4O.HI/c1-22(14-4-5-14)17(19)21-11-13-10-16(8-9-20-13)23-15-6-2-12(18)3-7-15;/h2-3,6-10,14H,4-5,11H2,1H3,(H2,19,21);1H. The number of nitrogens with two attached hydrogens (primary N) is 1.